The van der Waals surface area contributed by atoms with Crippen molar-refractivity contribution in [2.75, 3.05) is 33.9 Å². The third kappa shape index (κ3) is 5.33. The summed E-state index contributed by atoms with van der Waals surface area (Å²) in [5, 5.41) is 2.84. The Bertz CT molecular complexity index is 766. The number of nitrogens with one attached hydrogen (secondary N) is 1. The highest BCUT2D eigenvalue weighted by molar-refractivity contribution is 7.89. The molecule has 0 aromatic heterocycles. The minimum atomic E-state index is -3.66. The Labute approximate surface area is 161 Å². The van der Waals surface area contributed by atoms with Crippen LogP contribution in [0.25, 0.3) is 0 Å². The van der Waals surface area contributed by atoms with Gasteiger partial charge in [-0.2, -0.15) is 4.31 Å². The van der Waals surface area contributed by atoms with Crippen LogP contribution in [0, 0.1) is 5.92 Å². The van der Waals surface area contributed by atoms with Gasteiger partial charge in [0.05, 0.1) is 19.1 Å². The predicted octanol–water partition coefficient (Wildman–Crippen LogP) is 0.958. The van der Waals surface area contributed by atoms with Crippen LogP contribution in [0.3, 0.4) is 0 Å². The average molecular weight is 400 g/mol. The van der Waals surface area contributed by atoms with Crippen LogP contribution in [0.2, 0.25) is 0 Å². The number of nitrogens with zero attached hydrogens (tertiary/aromatic N) is 1. The van der Waals surface area contributed by atoms with E-state index < -0.39 is 15.6 Å². The van der Waals surface area contributed by atoms with Crippen molar-refractivity contribution in [2.45, 2.75) is 37.1 Å². The number of nitrogens with two attached hydrogens (primary N) is 1. The molecule has 2 rings (SSSR count). The monoisotopic (exact) mass is 399 g/mol. The molecule has 0 bridgehead atoms. The van der Waals surface area contributed by atoms with Gasteiger partial charge in [0.15, 0.2) is 11.5 Å². The van der Waals surface area contributed by atoms with Gasteiger partial charge in [-0.05, 0) is 38.8 Å². The molecule has 9 heteroatoms. The molecule has 1 amide bonds. The van der Waals surface area contributed by atoms with Crippen LogP contribution < -0.4 is 20.5 Å². The van der Waals surface area contributed by atoms with Crippen LogP contribution in [-0.2, 0) is 14.8 Å². The highest BCUT2D eigenvalue weighted by atomic mass is 32.2. The first-order chi connectivity index (χ1) is 12.6. The van der Waals surface area contributed by atoms with Gasteiger partial charge in [0.25, 0.3) is 0 Å². The summed E-state index contributed by atoms with van der Waals surface area (Å²) in [5.41, 5.74) is 5.40. The molecule has 0 radical (unpaired) electrons. The van der Waals surface area contributed by atoms with Crippen molar-refractivity contribution in [3.8, 4) is 11.5 Å². The van der Waals surface area contributed by atoms with Crippen LogP contribution in [0.4, 0.5) is 0 Å². The van der Waals surface area contributed by atoms with E-state index in [2.05, 4.69) is 5.32 Å². The number of carbonyl (C=O) groups excluding carboxylic acids is 1. The number of rotatable bonds is 7. The average Bonchev–Trinajstić information content (AvgIpc) is 2.64. The first kappa shape index (κ1) is 21.5. The van der Waals surface area contributed by atoms with Crippen LogP contribution >= 0.6 is 0 Å². The van der Waals surface area contributed by atoms with Gasteiger partial charge in [-0.3, -0.25) is 4.79 Å². The van der Waals surface area contributed by atoms with Crippen LogP contribution in [0.5, 0.6) is 11.5 Å². The maximum absolute atomic E-state index is 12.9. The van der Waals surface area contributed by atoms with E-state index in [0.29, 0.717) is 44.0 Å². The summed E-state index contributed by atoms with van der Waals surface area (Å²) in [6, 6.07) is 4.52. The second-order valence-electron chi connectivity index (χ2n) is 7.40. The van der Waals surface area contributed by atoms with Crippen molar-refractivity contribution in [3.63, 3.8) is 0 Å². The third-order valence-corrected chi connectivity index (χ3v) is 6.43. The molecule has 0 unspecified atom stereocenters. The molecular formula is C18H29N3O5S. The summed E-state index contributed by atoms with van der Waals surface area (Å²) in [4.78, 5) is 12.4. The molecule has 1 heterocycles. The number of ether oxygens (including phenoxy) is 2. The maximum atomic E-state index is 12.9. The van der Waals surface area contributed by atoms with Gasteiger partial charge in [-0.25, -0.2) is 8.42 Å². The van der Waals surface area contributed by atoms with E-state index in [9.17, 15) is 13.2 Å². The minimum Gasteiger partial charge on any atom is -0.493 e. The van der Waals surface area contributed by atoms with Gasteiger partial charge in [-0.15, -0.1) is 0 Å². The molecule has 1 aliphatic heterocycles. The molecule has 3 N–H and O–H groups in total. The number of amides is 1. The molecule has 0 saturated carbocycles. The molecule has 8 nitrogen and oxygen atoms in total. The van der Waals surface area contributed by atoms with Crippen molar-refractivity contribution in [2.24, 2.45) is 11.7 Å². The number of hydrogen-bond donors (Lipinski definition) is 2. The first-order valence-electron chi connectivity index (χ1n) is 8.87. The summed E-state index contributed by atoms with van der Waals surface area (Å²) < 4.78 is 37.6. The smallest absolute Gasteiger partial charge is 0.243 e. The highest BCUT2D eigenvalue weighted by Gasteiger charge is 2.32. The van der Waals surface area contributed by atoms with Crippen molar-refractivity contribution in [1.29, 1.82) is 0 Å². The number of benzene rings is 1. The molecule has 1 saturated heterocycles. The largest absolute Gasteiger partial charge is 0.493 e. The van der Waals surface area contributed by atoms with Crippen LogP contribution in [0.1, 0.15) is 26.7 Å². The molecule has 1 aromatic carbocycles. The third-order valence-electron chi connectivity index (χ3n) is 4.54. The van der Waals surface area contributed by atoms with Crippen molar-refractivity contribution >= 4 is 15.9 Å². The summed E-state index contributed by atoms with van der Waals surface area (Å²) in [5.74, 6) is 0.549. The van der Waals surface area contributed by atoms with E-state index in [1.807, 2.05) is 13.8 Å². The summed E-state index contributed by atoms with van der Waals surface area (Å²) in [7, 11) is -0.705. The Morgan fingerprint density at radius 3 is 2.33 bits per heavy atom. The molecule has 0 atom stereocenters. The van der Waals surface area contributed by atoms with Gasteiger partial charge in [0, 0.05) is 37.2 Å². The standard InChI is InChI=1S/C18H29N3O5S/c1-18(2,19)12-20-17(22)13-7-9-21(10-8-13)27(23,24)14-5-6-15(25-3)16(11-14)26-4/h5-6,11,13H,7-10,12,19H2,1-4H3,(H,20,22). The Balaban J connectivity index is 2.03. The second-order valence-corrected chi connectivity index (χ2v) is 9.34. The number of piperidine rings is 1. The molecule has 1 aromatic rings. The number of methoxy groups -OCH3 is 2. The molecule has 27 heavy (non-hydrogen) atoms. The van der Waals surface area contributed by atoms with E-state index in [4.69, 9.17) is 15.2 Å². The fourth-order valence-corrected chi connectivity index (χ4v) is 4.43. The fraction of sp³-hybridized carbons (Fsp3) is 0.611. The van der Waals surface area contributed by atoms with E-state index >= 15 is 0 Å². The van der Waals surface area contributed by atoms with E-state index in [-0.39, 0.29) is 16.7 Å². The Kier molecular flexibility index (Phi) is 6.72. The van der Waals surface area contributed by atoms with Gasteiger partial charge in [-0.1, -0.05) is 0 Å². The fourth-order valence-electron chi connectivity index (χ4n) is 2.94. The van der Waals surface area contributed by atoms with Crippen molar-refractivity contribution < 1.29 is 22.7 Å². The quantitative estimate of drug-likeness (QED) is 0.706. The van der Waals surface area contributed by atoms with Gasteiger partial charge in [0.2, 0.25) is 15.9 Å². The highest BCUT2D eigenvalue weighted by Crippen LogP contribution is 2.32. The first-order valence-corrected chi connectivity index (χ1v) is 10.3. The number of hydrogen-bond acceptors (Lipinski definition) is 6. The zero-order valence-electron chi connectivity index (χ0n) is 16.3. The van der Waals surface area contributed by atoms with E-state index in [0.717, 1.165) is 0 Å². The molecule has 1 fully saturated rings. The Hall–Kier alpha value is -1.84. The van der Waals surface area contributed by atoms with Gasteiger partial charge in [0.1, 0.15) is 0 Å². The lowest BCUT2D eigenvalue weighted by Crippen LogP contribution is -2.48. The molecule has 152 valence electrons. The molecular weight excluding hydrogens is 370 g/mol. The molecule has 1 aliphatic rings. The van der Waals surface area contributed by atoms with Crippen LogP contribution in [0.15, 0.2) is 23.1 Å². The number of sulfonamides is 1. The van der Waals surface area contributed by atoms with Gasteiger partial charge < -0.3 is 20.5 Å². The zero-order valence-corrected chi connectivity index (χ0v) is 17.1. The SMILES string of the molecule is COc1ccc(S(=O)(=O)N2CCC(C(=O)NCC(C)(C)N)CC2)cc1OC. The van der Waals surface area contributed by atoms with Crippen molar-refractivity contribution in [1.82, 2.24) is 9.62 Å². The lowest BCUT2D eigenvalue weighted by atomic mass is 9.96. The predicted molar refractivity (Wildman–Crippen MR) is 102 cm³/mol. The zero-order chi connectivity index (χ0) is 20.2. The van der Waals surface area contributed by atoms with Crippen molar-refractivity contribution in [3.05, 3.63) is 18.2 Å². The van der Waals surface area contributed by atoms with E-state index in [1.54, 1.807) is 6.07 Å². The summed E-state index contributed by atoms with van der Waals surface area (Å²) in [6.45, 7) is 4.65. The maximum Gasteiger partial charge on any atom is 0.243 e. The summed E-state index contributed by atoms with van der Waals surface area (Å²) in [6.07, 6.45) is 0.951. The summed E-state index contributed by atoms with van der Waals surface area (Å²) >= 11 is 0. The Morgan fingerprint density at radius 2 is 1.81 bits per heavy atom. The minimum absolute atomic E-state index is 0.0725. The molecule has 0 aliphatic carbocycles. The van der Waals surface area contributed by atoms with E-state index in [1.165, 1.54) is 30.7 Å². The molecule has 0 spiro atoms. The normalized spacial score (nSPS) is 16.8. The Morgan fingerprint density at radius 1 is 1.22 bits per heavy atom. The topological polar surface area (TPSA) is 111 Å². The lowest BCUT2D eigenvalue weighted by Gasteiger charge is -2.31. The number of carbonyl (C=O) groups is 1. The second kappa shape index (κ2) is 8.45. The van der Waals surface area contributed by atoms with Crippen LogP contribution in [-0.4, -0.2) is 58.0 Å². The van der Waals surface area contributed by atoms with Gasteiger partial charge >= 0.3 is 0 Å². The lowest BCUT2D eigenvalue weighted by molar-refractivity contribution is -0.126.